The number of hydrogen-bond donors (Lipinski definition) is 1. The number of anilines is 2. The van der Waals surface area contributed by atoms with E-state index in [1.54, 1.807) is 0 Å². The highest BCUT2D eigenvalue weighted by Gasteiger charge is 2.26. The zero-order valence-corrected chi connectivity index (χ0v) is 14.4. The molecule has 0 saturated heterocycles. The van der Waals surface area contributed by atoms with E-state index >= 15 is 0 Å². The fraction of sp³-hybridized carbons (Fsp3) is 0.222. The first-order valence-corrected chi connectivity index (χ1v) is 8.30. The van der Waals surface area contributed by atoms with Gasteiger partial charge in [0.2, 0.25) is 11.8 Å². The third-order valence-corrected chi connectivity index (χ3v) is 4.70. The molecule has 2 amide bonds. The van der Waals surface area contributed by atoms with Crippen LogP contribution in [0.1, 0.15) is 18.1 Å². The Hall–Kier alpha value is -2.14. The van der Waals surface area contributed by atoms with Crippen molar-refractivity contribution in [2.75, 3.05) is 16.8 Å². The fourth-order valence-electron chi connectivity index (χ4n) is 2.87. The van der Waals surface area contributed by atoms with Gasteiger partial charge in [0.25, 0.3) is 0 Å². The zero-order valence-electron chi connectivity index (χ0n) is 12.8. The van der Waals surface area contributed by atoms with Crippen LogP contribution in [0.5, 0.6) is 0 Å². The minimum Gasteiger partial charge on any atom is -0.383 e. The normalized spacial score (nSPS) is 12.4. The van der Waals surface area contributed by atoms with E-state index < -0.39 is 0 Å². The van der Waals surface area contributed by atoms with Crippen LogP contribution >= 0.6 is 15.9 Å². The van der Waals surface area contributed by atoms with Gasteiger partial charge < -0.3 is 5.32 Å². The fourth-order valence-corrected chi connectivity index (χ4v) is 3.30. The highest BCUT2D eigenvalue weighted by atomic mass is 79.9. The summed E-state index contributed by atoms with van der Waals surface area (Å²) >= 11 is 3.45. The molecule has 1 heterocycles. The van der Waals surface area contributed by atoms with Crippen molar-refractivity contribution < 1.29 is 9.59 Å². The maximum absolute atomic E-state index is 12.8. The SMILES string of the molecule is CC(=O)N(C(=O)Cc1ccccc1Br)c1cccc2c1NCC2. The number of nitrogens with one attached hydrogen (secondary N) is 1. The molecule has 5 heteroatoms. The van der Waals surface area contributed by atoms with E-state index in [9.17, 15) is 9.59 Å². The molecule has 0 aromatic heterocycles. The Bertz CT molecular complexity index is 773. The van der Waals surface area contributed by atoms with E-state index in [0.717, 1.165) is 34.3 Å². The summed E-state index contributed by atoms with van der Waals surface area (Å²) in [6, 6.07) is 13.3. The third-order valence-electron chi connectivity index (χ3n) is 3.93. The molecule has 0 unspecified atom stereocenters. The largest absolute Gasteiger partial charge is 0.383 e. The number of rotatable bonds is 3. The maximum Gasteiger partial charge on any atom is 0.238 e. The highest BCUT2D eigenvalue weighted by molar-refractivity contribution is 9.10. The topological polar surface area (TPSA) is 49.4 Å². The lowest BCUT2D eigenvalue weighted by molar-refractivity contribution is -0.125. The molecule has 1 aliphatic heterocycles. The second-order valence-corrected chi connectivity index (χ2v) is 6.36. The molecule has 118 valence electrons. The Morgan fingerprint density at radius 1 is 1.17 bits per heavy atom. The first-order chi connectivity index (χ1) is 11.1. The lowest BCUT2D eigenvalue weighted by Crippen LogP contribution is -2.36. The number of carbonyl (C=O) groups excluding carboxylic acids is 2. The molecule has 0 saturated carbocycles. The van der Waals surface area contributed by atoms with Crippen molar-refractivity contribution in [1.82, 2.24) is 0 Å². The molecule has 0 fully saturated rings. The molecule has 4 nitrogen and oxygen atoms in total. The van der Waals surface area contributed by atoms with Crippen LogP contribution in [0.15, 0.2) is 46.9 Å². The number of fused-ring (bicyclic) bond motifs is 1. The van der Waals surface area contributed by atoms with Crippen molar-refractivity contribution >= 4 is 39.1 Å². The summed E-state index contributed by atoms with van der Waals surface area (Å²) in [7, 11) is 0. The molecule has 2 aromatic rings. The summed E-state index contributed by atoms with van der Waals surface area (Å²) in [4.78, 5) is 26.2. The van der Waals surface area contributed by atoms with Crippen LogP contribution in [-0.4, -0.2) is 18.4 Å². The average molecular weight is 373 g/mol. The van der Waals surface area contributed by atoms with Crippen molar-refractivity contribution in [3.63, 3.8) is 0 Å². The Morgan fingerprint density at radius 3 is 2.70 bits per heavy atom. The predicted molar refractivity (Wildman–Crippen MR) is 94.6 cm³/mol. The number of carbonyl (C=O) groups is 2. The Labute approximate surface area is 143 Å². The number of imide groups is 1. The van der Waals surface area contributed by atoms with Crippen molar-refractivity contribution in [3.05, 3.63) is 58.1 Å². The van der Waals surface area contributed by atoms with E-state index in [1.807, 2.05) is 42.5 Å². The van der Waals surface area contributed by atoms with Crippen LogP contribution < -0.4 is 10.2 Å². The number of hydrogen-bond acceptors (Lipinski definition) is 3. The summed E-state index contributed by atoms with van der Waals surface area (Å²) in [5.41, 5.74) is 3.54. The minimum absolute atomic E-state index is 0.171. The lowest BCUT2D eigenvalue weighted by atomic mass is 10.1. The van der Waals surface area contributed by atoms with E-state index in [1.165, 1.54) is 11.8 Å². The quantitative estimate of drug-likeness (QED) is 0.896. The number of halogens is 1. The van der Waals surface area contributed by atoms with Crippen LogP contribution in [0.2, 0.25) is 0 Å². The highest BCUT2D eigenvalue weighted by Crippen LogP contribution is 2.34. The van der Waals surface area contributed by atoms with Gasteiger partial charge in [-0.05, 0) is 29.7 Å². The van der Waals surface area contributed by atoms with Crippen LogP contribution in [0, 0.1) is 0 Å². The summed E-state index contributed by atoms with van der Waals surface area (Å²) in [5.74, 6) is -0.504. The molecule has 1 N–H and O–H groups in total. The number of benzene rings is 2. The van der Waals surface area contributed by atoms with Gasteiger partial charge in [-0.25, -0.2) is 4.90 Å². The van der Waals surface area contributed by atoms with Crippen molar-refractivity contribution in [1.29, 1.82) is 0 Å². The lowest BCUT2D eigenvalue weighted by Gasteiger charge is -2.22. The van der Waals surface area contributed by atoms with Crippen molar-refractivity contribution in [2.45, 2.75) is 19.8 Å². The number of para-hydroxylation sites is 1. The average Bonchev–Trinajstić information content (AvgIpc) is 2.99. The molecule has 3 rings (SSSR count). The summed E-state index contributed by atoms with van der Waals surface area (Å²) < 4.78 is 0.869. The van der Waals surface area contributed by atoms with Gasteiger partial charge in [0, 0.05) is 17.9 Å². The van der Waals surface area contributed by atoms with Crippen molar-refractivity contribution in [2.24, 2.45) is 0 Å². The third kappa shape index (κ3) is 3.15. The van der Waals surface area contributed by atoms with Gasteiger partial charge in [-0.3, -0.25) is 9.59 Å². The van der Waals surface area contributed by atoms with E-state index in [0.29, 0.717) is 5.69 Å². The van der Waals surface area contributed by atoms with Gasteiger partial charge in [-0.2, -0.15) is 0 Å². The summed E-state index contributed by atoms with van der Waals surface area (Å²) in [6.07, 6.45) is 1.08. The summed E-state index contributed by atoms with van der Waals surface area (Å²) in [5, 5.41) is 3.28. The summed E-state index contributed by atoms with van der Waals surface area (Å²) in [6.45, 7) is 2.25. The molecular weight excluding hydrogens is 356 g/mol. The van der Waals surface area contributed by atoms with Gasteiger partial charge in [-0.15, -0.1) is 0 Å². The minimum atomic E-state index is -0.274. The van der Waals surface area contributed by atoms with Gasteiger partial charge >= 0.3 is 0 Å². The van der Waals surface area contributed by atoms with E-state index in [4.69, 9.17) is 0 Å². The molecule has 0 spiro atoms. The molecule has 0 atom stereocenters. The van der Waals surface area contributed by atoms with Crippen LogP contribution in [0.25, 0.3) is 0 Å². The van der Waals surface area contributed by atoms with Crippen LogP contribution in [0.4, 0.5) is 11.4 Å². The molecule has 1 aliphatic rings. The van der Waals surface area contributed by atoms with Gasteiger partial charge in [-0.1, -0.05) is 46.3 Å². The zero-order chi connectivity index (χ0) is 16.4. The first-order valence-electron chi connectivity index (χ1n) is 7.50. The second-order valence-electron chi connectivity index (χ2n) is 5.50. The van der Waals surface area contributed by atoms with Gasteiger partial charge in [0.15, 0.2) is 0 Å². The Balaban J connectivity index is 1.94. The number of nitrogens with zero attached hydrogens (tertiary/aromatic N) is 1. The predicted octanol–water partition coefficient (Wildman–Crippen LogP) is 3.54. The first kappa shape index (κ1) is 15.7. The maximum atomic E-state index is 12.8. The smallest absolute Gasteiger partial charge is 0.238 e. The molecule has 23 heavy (non-hydrogen) atoms. The van der Waals surface area contributed by atoms with Crippen LogP contribution in [-0.2, 0) is 22.4 Å². The second kappa shape index (κ2) is 6.54. The Morgan fingerprint density at radius 2 is 1.96 bits per heavy atom. The van der Waals surface area contributed by atoms with Crippen LogP contribution in [0.3, 0.4) is 0 Å². The van der Waals surface area contributed by atoms with Gasteiger partial charge in [0.05, 0.1) is 17.8 Å². The monoisotopic (exact) mass is 372 g/mol. The molecule has 0 bridgehead atoms. The Kier molecular flexibility index (Phi) is 4.48. The van der Waals surface area contributed by atoms with Crippen molar-refractivity contribution in [3.8, 4) is 0 Å². The molecule has 0 aliphatic carbocycles. The standard InChI is InChI=1S/C18H17BrN2O2/c1-12(22)21(16-8-4-6-13-9-10-20-18(13)16)17(23)11-14-5-2-3-7-15(14)19/h2-8,20H,9-11H2,1H3. The van der Waals surface area contributed by atoms with Gasteiger partial charge in [0.1, 0.15) is 0 Å². The van der Waals surface area contributed by atoms with E-state index in [-0.39, 0.29) is 18.2 Å². The molecule has 2 aromatic carbocycles. The molecular formula is C18H17BrN2O2. The van der Waals surface area contributed by atoms with E-state index in [2.05, 4.69) is 21.2 Å². The number of amides is 2. The molecule has 0 radical (unpaired) electrons.